The van der Waals surface area contributed by atoms with Crippen molar-refractivity contribution in [2.24, 2.45) is 0 Å². The number of anilines is 1. The van der Waals surface area contributed by atoms with E-state index in [-0.39, 0.29) is 5.75 Å². The van der Waals surface area contributed by atoms with Crippen molar-refractivity contribution in [1.82, 2.24) is 4.57 Å². The number of hydrogen-bond acceptors (Lipinski definition) is 2. The first kappa shape index (κ1) is 20.8. The number of hydrogen-bond donors (Lipinski definition) is 0. The molecule has 166 valence electrons. The lowest BCUT2D eigenvalue weighted by Gasteiger charge is -2.25. The predicted octanol–water partition coefficient (Wildman–Crippen LogP) is 7.22. The van der Waals surface area contributed by atoms with E-state index >= 15 is 7.77 Å². The molecule has 0 spiro atoms. The second kappa shape index (κ2) is 7.81. The molecule has 0 saturated carbocycles. The number of benzene rings is 3. The van der Waals surface area contributed by atoms with E-state index in [2.05, 4.69) is 22.5 Å². The minimum atomic E-state index is -4.51. The molecule has 0 unspecified atom stereocenters. The van der Waals surface area contributed by atoms with Crippen molar-refractivity contribution < 1.29 is 15.9 Å². The third-order valence-corrected chi connectivity index (χ3v) is 7.28. The van der Waals surface area contributed by atoms with Crippen LogP contribution < -0.4 is 9.08 Å². The monoisotopic (exact) mass is 454 g/mol. The van der Waals surface area contributed by atoms with Gasteiger partial charge in [-0.15, -0.1) is 0 Å². The van der Waals surface area contributed by atoms with E-state index in [1.165, 1.54) is 6.21 Å². The van der Waals surface area contributed by atoms with E-state index in [1.807, 2.05) is 56.3 Å². The average molecular weight is 455 g/mol. The van der Waals surface area contributed by atoms with Gasteiger partial charge in [0.05, 0.1) is 5.56 Å². The van der Waals surface area contributed by atoms with E-state index in [0.29, 0.717) is 11.3 Å². The summed E-state index contributed by atoms with van der Waals surface area (Å²) in [7, 11) is 0. The van der Waals surface area contributed by atoms with Gasteiger partial charge in [-0.2, -0.15) is 0 Å². The minimum Gasteiger partial charge on any atom is -0.372 e. The maximum atomic E-state index is 15.3. The summed E-state index contributed by atoms with van der Waals surface area (Å²) in [6, 6.07) is 19.1. The van der Waals surface area contributed by atoms with Gasteiger partial charge >= 0.3 is 11.3 Å². The van der Waals surface area contributed by atoms with Crippen molar-refractivity contribution in [2.45, 2.75) is 27.3 Å². The highest BCUT2D eigenvalue weighted by molar-refractivity contribution is 8.16. The number of aromatic nitrogens is 1. The predicted molar refractivity (Wildman–Crippen MR) is 131 cm³/mol. The van der Waals surface area contributed by atoms with E-state index in [1.54, 1.807) is 12.1 Å². The van der Waals surface area contributed by atoms with Gasteiger partial charge in [-0.05, 0) is 45.0 Å². The molecular weight excluding hydrogens is 428 g/mol. The van der Waals surface area contributed by atoms with Crippen LogP contribution in [0.25, 0.3) is 21.8 Å². The van der Waals surface area contributed by atoms with Crippen LogP contribution in [0.5, 0.6) is 5.75 Å². The fourth-order valence-corrected chi connectivity index (χ4v) is 5.58. The van der Waals surface area contributed by atoms with Crippen LogP contribution in [-0.2, 0) is 6.54 Å². The van der Waals surface area contributed by atoms with Crippen LogP contribution in [0.15, 0.2) is 60.7 Å². The van der Waals surface area contributed by atoms with Crippen LogP contribution in [0.2, 0.25) is 0 Å². The Kier molecular flexibility index (Phi) is 5.08. The third kappa shape index (κ3) is 3.23. The molecule has 4 nitrogen and oxygen atoms in total. The lowest BCUT2D eigenvalue weighted by atomic mass is 10.1. The highest BCUT2D eigenvalue weighted by atomic mass is 32.3. The highest BCUT2D eigenvalue weighted by Crippen LogP contribution is 2.59. The Labute approximate surface area is 188 Å². The van der Waals surface area contributed by atoms with Gasteiger partial charge in [0.15, 0.2) is 5.75 Å². The number of aryl methyl sites for hydroxylation is 1. The Morgan fingerprint density at radius 2 is 1.66 bits per heavy atom. The summed E-state index contributed by atoms with van der Waals surface area (Å²) in [5, 5.41) is 2.03. The molecule has 0 radical (unpaired) electrons. The number of para-hydroxylation sites is 1. The molecule has 0 atom stereocenters. The van der Waals surface area contributed by atoms with Crippen LogP contribution in [0.1, 0.15) is 26.3 Å². The molecule has 0 fully saturated rings. The lowest BCUT2D eigenvalue weighted by Crippen LogP contribution is -2.23. The van der Waals surface area contributed by atoms with Crippen molar-refractivity contribution in [3.05, 3.63) is 66.2 Å². The minimum absolute atomic E-state index is 0.231. The van der Waals surface area contributed by atoms with Crippen molar-refractivity contribution in [2.75, 3.05) is 18.0 Å². The van der Waals surface area contributed by atoms with Crippen LogP contribution >= 0.6 is 11.3 Å². The van der Waals surface area contributed by atoms with Gasteiger partial charge in [0.25, 0.3) is 0 Å². The van der Waals surface area contributed by atoms with Gasteiger partial charge < -0.3 is 13.7 Å². The highest BCUT2D eigenvalue weighted by Gasteiger charge is 2.46. The van der Waals surface area contributed by atoms with E-state index in [9.17, 15) is 0 Å². The number of rotatable bonds is 5. The average Bonchev–Trinajstić information content (AvgIpc) is 3.11. The molecule has 0 bridgehead atoms. The van der Waals surface area contributed by atoms with Crippen molar-refractivity contribution in [3.63, 3.8) is 0 Å². The van der Waals surface area contributed by atoms with Gasteiger partial charge in [-0.25, -0.2) is 0 Å². The molecule has 0 saturated heterocycles. The molecule has 5 rings (SSSR count). The van der Waals surface area contributed by atoms with Gasteiger partial charge in [0.2, 0.25) is 11.9 Å². The molecule has 1 aliphatic heterocycles. The van der Waals surface area contributed by atoms with Crippen molar-refractivity contribution in [3.8, 4) is 5.75 Å². The van der Waals surface area contributed by atoms with Crippen LogP contribution in [0.4, 0.5) is 19.1 Å². The first-order valence-electron chi connectivity index (χ1n) is 10.9. The largest absolute Gasteiger partial charge is 0.474 e. The number of halogens is 2. The molecular formula is C25H26F2N3OS+. The Bertz CT molecular complexity index is 1360. The Hall–Kier alpha value is -3.06. The molecule has 7 heteroatoms. The molecule has 0 amide bonds. The SMILES string of the molecule is CCN(CC)c1ccc2c(c1)OS(F)(F)[N+](c1ccc3c(c1)c1ccccc1n3CC)=C2. The van der Waals surface area contributed by atoms with Gasteiger partial charge in [0.1, 0.15) is 0 Å². The fourth-order valence-electron chi connectivity index (χ4n) is 4.54. The number of nitrogens with zero attached hydrogens (tertiary/aromatic N) is 3. The standard InChI is InChI=1S/C25H26F2N3OS/c1-4-28(5-2)19-12-11-18-17-30(32(26,27)31-25(18)16-19)20-13-14-24-22(15-20)21-9-7-8-10-23(21)29(24)6-3/h7-17H,4-6H2,1-3H3/q+1. The maximum absolute atomic E-state index is 15.3. The smallest absolute Gasteiger partial charge is 0.372 e. The van der Waals surface area contributed by atoms with Crippen LogP contribution in [-0.4, -0.2) is 27.9 Å². The zero-order chi connectivity index (χ0) is 22.5. The Morgan fingerprint density at radius 3 is 2.41 bits per heavy atom. The summed E-state index contributed by atoms with van der Waals surface area (Å²) in [6.45, 7) is 8.60. The molecule has 3 aromatic carbocycles. The molecule has 2 heterocycles. The maximum Gasteiger partial charge on any atom is 0.474 e. The second-order valence-electron chi connectivity index (χ2n) is 7.79. The first-order chi connectivity index (χ1) is 15.5. The Morgan fingerprint density at radius 1 is 0.906 bits per heavy atom. The molecule has 0 aliphatic carbocycles. The summed E-state index contributed by atoms with van der Waals surface area (Å²) in [5.74, 6) is 0.231. The molecule has 32 heavy (non-hydrogen) atoms. The van der Waals surface area contributed by atoms with Crippen LogP contribution in [0, 0.1) is 0 Å². The van der Waals surface area contributed by atoms with Crippen LogP contribution in [0.3, 0.4) is 0 Å². The Balaban J connectivity index is 1.65. The second-order valence-corrected chi connectivity index (χ2v) is 9.15. The lowest BCUT2D eigenvalue weighted by molar-refractivity contribution is -0.274. The molecule has 0 N–H and O–H groups in total. The van der Waals surface area contributed by atoms with Gasteiger partial charge in [0, 0.05) is 65.3 Å². The zero-order valence-electron chi connectivity index (χ0n) is 18.4. The van der Waals surface area contributed by atoms with Gasteiger partial charge in [-0.3, -0.25) is 0 Å². The zero-order valence-corrected chi connectivity index (χ0v) is 19.2. The van der Waals surface area contributed by atoms with E-state index in [4.69, 9.17) is 4.18 Å². The summed E-state index contributed by atoms with van der Waals surface area (Å²) >= 11 is -4.51. The van der Waals surface area contributed by atoms with Crippen molar-refractivity contribution >= 4 is 50.7 Å². The summed E-state index contributed by atoms with van der Waals surface area (Å²) in [5.41, 5.74) is 4.11. The van der Waals surface area contributed by atoms with Crippen molar-refractivity contribution in [1.29, 1.82) is 0 Å². The summed E-state index contributed by atoms with van der Waals surface area (Å²) in [4.78, 5) is 2.11. The third-order valence-electron chi connectivity index (χ3n) is 6.13. The first-order valence-corrected chi connectivity index (χ1v) is 12.2. The summed E-state index contributed by atoms with van der Waals surface area (Å²) < 4.78 is 39.0. The molecule has 1 aliphatic rings. The normalized spacial score (nSPS) is 15.8. The molecule has 4 aromatic rings. The fraction of sp³-hybridized carbons (Fsp3) is 0.240. The quantitative estimate of drug-likeness (QED) is 0.297. The summed E-state index contributed by atoms with van der Waals surface area (Å²) in [6.07, 6.45) is 1.51. The van der Waals surface area contributed by atoms with Gasteiger partial charge in [-0.1, -0.05) is 30.0 Å². The topological polar surface area (TPSA) is 20.4 Å². The van der Waals surface area contributed by atoms with E-state index < -0.39 is 11.3 Å². The number of fused-ring (bicyclic) bond motifs is 4. The van der Waals surface area contributed by atoms with E-state index in [0.717, 1.165) is 51.1 Å². The molecule has 1 aromatic heterocycles.